The summed E-state index contributed by atoms with van der Waals surface area (Å²) in [6.45, 7) is 4.07. The molecule has 2 aliphatic heterocycles. The Bertz CT molecular complexity index is 1200. The van der Waals surface area contributed by atoms with Crippen molar-refractivity contribution in [3.63, 3.8) is 0 Å². The first-order valence-corrected chi connectivity index (χ1v) is 12.7. The molecule has 6 heteroatoms. The predicted octanol–water partition coefficient (Wildman–Crippen LogP) is 4.31. The van der Waals surface area contributed by atoms with Crippen LogP contribution in [0.5, 0.6) is 5.75 Å². The van der Waals surface area contributed by atoms with Crippen LogP contribution in [0.15, 0.2) is 60.9 Å². The number of likely N-dealkylation sites (tertiary alicyclic amines) is 2. The minimum Gasteiger partial charge on any atom is -0.497 e. The number of piperidine rings is 1. The Hall–Kier alpha value is -3.25. The van der Waals surface area contributed by atoms with Crippen LogP contribution in [0.25, 0.3) is 11.4 Å². The molecule has 2 fully saturated rings. The van der Waals surface area contributed by atoms with E-state index in [0.29, 0.717) is 17.9 Å². The Morgan fingerprint density at radius 1 is 1.06 bits per heavy atom. The monoisotopic (exact) mass is 468 g/mol. The SMILES string of the molecule is COc1ccc(CC(=O)N2CCC3(CC2)CN([C@@H]2CCc4cc(-c5ncccn5)ccc42)C3)cc1. The van der Waals surface area contributed by atoms with E-state index in [1.54, 1.807) is 19.5 Å². The number of hydrogen-bond acceptors (Lipinski definition) is 5. The number of aromatic nitrogens is 2. The maximum atomic E-state index is 12.9. The van der Waals surface area contributed by atoms with Crippen LogP contribution in [0.1, 0.15) is 42.0 Å². The molecule has 1 spiro atoms. The standard InChI is InChI=1S/C29H32N4O2/c1-35-24-7-3-21(4-8-24)17-27(34)32-15-11-29(12-16-32)19-33(20-29)26-10-6-22-18-23(5-9-25(22)26)28-30-13-2-14-31-28/h2-5,7-9,13-14,18,26H,6,10-12,15-17,19-20H2,1H3/t26-/m1/s1. The van der Waals surface area contributed by atoms with Crippen molar-refractivity contribution < 1.29 is 9.53 Å². The third kappa shape index (κ3) is 4.31. The van der Waals surface area contributed by atoms with Gasteiger partial charge in [0.05, 0.1) is 13.5 Å². The summed E-state index contributed by atoms with van der Waals surface area (Å²) in [5.41, 5.74) is 5.47. The number of methoxy groups -OCH3 is 1. The molecule has 1 aromatic heterocycles. The van der Waals surface area contributed by atoms with E-state index in [-0.39, 0.29) is 5.91 Å². The molecule has 0 unspecified atom stereocenters. The number of hydrogen-bond donors (Lipinski definition) is 0. The molecule has 0 saturated carbocycles. The molecule has 35 heavy (non-hydrogen) atoms. The Morgan fingerprint density at radius 2 is 1.80 bits per heavy atom. The fourth-order valence-electron chi connectivity index (χ4n) is 6.17. The number of rotatable bonds is 5. The zero-order valence-electron chi connectivity index (χ0n) is 20.3. The highest BCUT2D eigenvalue weighted by molar-refractivity contribution is 5.79. The van der Waals surface area contributed by atoms with Gasteiger partial charge in [0.15, 0.2) is 5.82 Å². The summed E-state index contributed by atoms with van der Waals surface area (Å²) in [5, 5.41) is 0. The third-order valence-electron chi connectivity index (χ3n) is 8.22. The summed E-state index contributed by atoms with van der Waals surface area (Å²) in [6, 6.07) is 17.0. The predicted molar refractivity (Wildman–Crippen MR) is 135 cm³/mol. The molecule has 3 heterocycles. The van der Waals surface area contributed by atoms with Crippen LogP contribution in [0.4, 0.5) is 0 Å². The number of fused-ring (bicyclic) bond motifs is 1. The van der Waals surface area contributed by atoms with Gasteiger partial charge in [-0.2, -0.15) is 0 Å². The number of carbonyl (C=O) groups is 1. The number of aryl methyl sites for hydroxylation is 1. The quantitative estimate of drug-likeness (QED) is 0.559. The zero-order chi connectivity index (χ0) is 23.8. The smallest absolute Gasteiger partial charge is 0.226 e. The molecule has 0 N–H and O–H groups in total. The van der Waals surface area contributed by atoms with Gasteiger partial charge in [-0.25, -0.2) is 9.97 Å². The molecule has 0 radical (unpaired) electrons. The van der Waals surface area contributed by atoms with Crippen molar-refractivity contribution in [3.8, 4) is 17.1 Å². The molecule has 1 atom stereocenters. The Balaban J connectivity index is 1.03. The van der Waals surface area contributed by atoms with Gasteiger partial charge in [-0.15, -0.1) is 0 Å². The van der Waals surface area contributed by atoms with E-state index in [9.17, 15) is 4.79 Å². The summed E-state index contributed by atoms with van der Waals surface area (Å²) in [7, 11) is 1.66. The maximum absolute atomic E-state index is 12.9. The van der Waals surface area contributed by atoms with Gasteiger partial charge < -0.3 is 9.64 Å². The summed E-state index contributed by atoms with van der Waals surface area (Å²) < 4.78 is 5.22. The molecular weight excluding hydrogens is 436 g/mol. The molecule has 2 saturated heterocycles. The highest BCUT2D eigenvalue weighted by atomic mass is 16.5. The van der Waals surface area contributed by atoms with Crippen LogP contribution in [0.3, 0.4) is 0 Å². The molecule has 3 aromatic rings. The van der Waals surface area contributed by atoms with Crippen molar-refractivity contribution in [2.24, 2.45) is 5.41 Å². The second-order valence-corrected chi connectivity index (χ2v) is 10.4. The van der Waals surface area contributed by atoms with Crippen molar-refractivity contribution in [1.29, 1.82) is 0 Å². The van der Waals surface area contributed by atoms with Crippen LogP contribution in [-0.2, 0) is 17.6 Å². The topological polar surface area (TPSA) is 58.6 Å². The first-order chi connectivity index (χ1) is 17.1. The van der Waals surface area contributed by atoms with Gasteiger partial charge in [0.25, 0.3) is 0 Å². The van der Waals surface area contributed by atoms with Gasteiger partial charge in [-0.05, 0) is 72.1 Å². The van der Waals surface area contributed by atoms with E-state index in [1.165, 1.54) is 17.5 Å². The first kappa shape index (κ1) is 22.2. The van der Waals surface area contributed by atoms with E-state index in [4.69, 9.17) is 4.74 Å². The lowest BCUT2D eigenvalue weighted by atomic mass is 9.71. The molecular formula is C29H32N4O2. The van der Waals surface area contributed by atoms with Gasteiger partial charge in [0.1, 0.15) is 5.75 Å². The van der Waals surface area contributed by atoms with Gasteiger partial charge in [-0.1, -0.05) is 24.3 Å². The Morgan fingerprint density at radius 3 is 2.51 bits per heavy atom. The minimum atomic E-state index is 0.240. The second-order valence-electron chi connectivity index (χ2n) is 10.4. The molecule has 180 valence electrons. The van der Waals surface area contributed by atoms with Crippen molar-refractivity contribution in [3.05, 3.63) is 77.6 Å². The summed E-state index contributed by atoms with van der Waals surface area (Å²) in [6.07, 6.45) is 8.61. The van der Waals surface area contributed by atoms with Crippen LogP contribution >= 0.6 is 0 Å². The van der Waals surface area contributed by atoms with Crippen molar-refractivity contribution in [2.45, 2.75) is 38.1 Å². The molecule has 3 aliphatic rings. The summed E-state index contributed by atoms with van der Waals surface area (Å²) >= 11 is 0. The van der Waals surface area contributed by atoms with Crippen molar-refractivity contribution in [1.82, 2.24) is 19.8 Å². The fraction of sp³-hybridized carbons (Fsp3) is 0.414. The normalized spacial score (nSPS) is 20.9. The van der Waals surface area contributed by atoms with Gasteiger partial charge in [0, 0.05) is 50.2 Å². The van der Waals surface area contributed by atoms with E-state index in [0.717, 1.165) is 68.1 Å². The van der Waals surface area contributed by atoms with Gasteiger partial charge >= 0.3 is 0 Å². The summed E-state index contributed by atoms with van der Waals surface area (Å²) in [5.74, 6) is 1.87. The maximum Gasteiger partial charge on any atom is 0.226 e. The molecule has 1 aliphatic carbocycles. The molecule has 6 nitrogen and oxygen atoms in total. The number of benzene rings is 2. The van der Waals surface area contributed by atoms with Crippen LogP contribution in [-0.4, -0.2) is 59.0 Å². The van der Waals surface area contributed by atoms with Crippen LogP contribution < -0.4 is 4.74 Å². The average molecular weight is 469 g/mol. The largest absolute Gasteiger partial charge is 0.497 e. The Labute approximate surface area is 207 Å². The zero-order valence-corrected chi connectivity index (χ0v) is 20.3. The Kier molecular flexibility index (Phi) is 5.77. The summed E-state index contributed by atoms with van der Waals surface area (Å²) in [4.78, 5) is 26.4. The van der Waals surface area contributed by atoms with Gasteiger partial charge in [0.2, 0.25) is 5.91 Å². The number of nitrogens with zero attached hydrogens (tertiary/aromatic N) is 4. The lowest BCUT2D eigenvalue weighted by Gasteiger charge is -2.56. The number of carbonyl (C=O) groups excluding carboxylic acids is 1. The molecule has 6 rings (SSSR count). The van der Waals surface area contributed by atoms with Crippen LogP contribution in [0.2, 0.25) is 0 Å². The highest BCUT2D eigenvalue weighted by Crippen LogP contribution is 2.48. The average Bonchev–Trinajstić information content (AvgIpc) is 3.31. The van der Waals surface area contributed by atoms with E-state index in [1.807, 2.05) is 30.3 Å². The third-order valence-corrected chi connectivity index (χ3v) is 8.22. The van der Waals surface area contributed by atoms with Gasteiger partial charge in [-0.3, -0.25) is 9.69 Å². The first-order valence-electron chi connectivity index (χ1n) is 12.7. The van der Waals surface area contributed by atoms with E-state index in [2.05, 4.69) is 38.0 Å². The van der Waals surface area contributed by atoms with Crippen molar-refractivity contribution >= 4 is 5.91 Å². The lowest BCUT2D eigenvalue weighted by Crippen LogP contribution is -2.61. The van der Waals surface area contributed by atoms with E-state index < -0.39 is 0 Å². The number of amides is 1. The molecule has 0 bridgehead atoms. The van der Waals surface area contributed by atoms with Crippen molar-refractivity contribution in [2.75, 3.05) is 33.3 Å². The fourth-order valence-corrected chi connectivity index (χ4v) is 6.17. The van der Waals surface area contributed by atoms with E-state index >= 15 is 0 Å². The molecule has 2 aromatic carbocycles. The minimum absolute atomic E-state index is 0.240. The van der Waals surface area contributed by atoms with Crippen LogP contribution in [0, 0.1) is 5.41 Å². The lowest BCUT2D eigenvalue weighted by molar-refractivity contribution is -0.136. The molecule has 1 amide bonds. The highest BCUT2D eigenvalue weighted by Gasteiger charge is 2.48. The second kappa shape index (κ2) is 9.08. The number of ether oxygens (including phenoxy) is 1.